The number of aromatic nitrogens is 5. The van der Waals surface area contributed by atoms with Gasteiger partial charge in [0.1, 0.15) is 0 Å². The minimum atomic E-state index is 0.448. The molecule has 4 heterocycles. The van der Waals surface area contributed by atoms with Crippen molar-refractivity contribution in [3.8, 4) is 23.0 Å². The average Bonchev–Trinajstić information content (AvgIpc) is 3.53. The second-order valence-electron chi connectivity index (χ2n) is 7.24. The van der Waals surface area contributed by atoms with Gasteiger partial charge in [-0.1, -0.05) is 22.9 Å². The Labute approximate surface area is 182 Å². The number of rotatable bonds is 6. The number of fused-ring (bicyclic) bond motifs is 1. The molecule has 1 aromatic carbocycles. The lowest BCUT2D eigenvalue weighted by Gasteiger charge is -2.28. The van der Waals surface area contributed by atoms with E-state index >= 15 is 0 Å². The predicted molar refractivity (Wildman–Crippen MR) is 114 cm³/mol. The molecule has 0 unspecified atom stereocenters. The number of furan rings is 1. The van der Waals surface area contributed by atoms with Crippen molar-refractivity contribution in [2.24, 2.45) is 16.2 Å². The first-order chi connectivity index (χ1) is 15.2. The zero-order chi connectivity index (χ0) is 21.2. The summed E-state index contributed by atoms with van der Waals surface area (Å²) in [6.45, 7) is 3.28. The Morgan fingerprint density at radius 3 is 3.00 bits per heavy atom. The highest BCUT2D eigenvalue weighted by Gasteiger charge is 2.20. The number of nitrogens with one attached hydrogen (secondary N) is 1. The first-order valence-corrected chi connectivity index (χ1v) is 10.2. The van der Waals surface area contributed by atoms with Crippen LogP contribution in [0, 0.1) is 0 Å². The number of nitrogens with zero attached hydrogens (tertiary/aromatic N) is 7. The van der Waals surface area contributed by atoms with E-state index in [-0.39, 0.29) is 0 Å². The second-order valence-corrected chi connectivity index (χ2v) is 7.68. The molecule has 158 valence electrons. The van der Waals surface area contributed by atoms with Crippen LogP contribution in [-0.4, -0.2) is 43.0 Å². The van der Waals surface area contributed by atoms with Crippen LogP contribution < -0.4 is 5.84 Å². The highest BCUT2D eigenvalue weighted by Crippen LogP contribution is 2.30. The van der Waals surface area contributed by atoms with Crippen molar-refractivity contribution in [2.75, 3.05) is 13.1 Å². The van der Waals surface area contributed by atoms with Gasteiger partial charge >= 0.3 is 0 Å². The molecule has 0 amide bonds. The third-order valence-electron chi connectivity index (χ3n) is 5.33. The van der Waals surface area contributed by atoms with Gasteiger partial charge in [-0.25, -0.2) is 9.67 Å². The summed E-state index contributed by atoms with van der Waals surface area (Å²) >= 11 is 6.11. The molecule has 31 heavy (non-hydrogen) atoms. The molecule has 0 bridgehead atoms. The van der Waals surface area contributed by atoms with Crippen molar-refractivity contribution in [2.45, 2.75) is 19.5 Å². The van der Waals surface area contributed by atoms with E-state index in [1.54, 1.807) is 29.3 Å². The standard InChI is InChI=1S/C20H20ClN9O/c21-15-4-3-14-12-29(6-5-13(14)10-15)7-8-30-20(27-28-22)16(11-23-30)18-24-19(26-25-18)17-2-1-9-31-17/h1-4,9-11H,5-8,12H2,(H2,22,27)(H,24,25,26). The lowest BCUT2D eigenvalue weighted by Crippen LogP contribution is -2.33. The minimum absolute atomic E-state index is 0.448. The van der Waals surface area contributed by atoms with E-state index in [0.717, 1.165) is 31.1 Å². The summed E-state index contributed by atoms with van der Waals surface area (Å²) < 4.78 is 7.13. The van der Waals surface area contributed by atoms with Crippen LogP contribution in [0.15, 0.2) is 57.5 Å². The number of aromatic amines is 1. The summed E-state index contributed by atoms with van der Waals surface area (Å²) in [6.07, 6.45) is 4.23. The van der Waals surface area contributed by atoms with E-state index < -0.39 is 0 Å². The largest absolute Gasteiger partial charge is 0.461 e. The molecule has 1 aliphatic heterocycles. The van der Waals surface area contributed by atoms with E-state index in [4.69, 9.17) is 21.9 Å². The average molecular weight is 438 g/mol. The molecule has 0 radical (unpaired) electrons. The summed E-state index contributed by atoms with van der Waals surface area (Å²) in [7, 11) is 0. The van der Waals surface area contributed by atoms with E-state index in [2.05, 4.69) is 47.7 Å². The van der Waals surface area contributed by atoms with E-state index in [9.17, 15) is 0 Å². The molecule has 0 fully saturated rings. The molecule has 0 spiro atoms. The van der Waals surface area contributed by atoms with E-state index in [1.807, 2.05) is 6.07 Å². The van der Waals surface area contributed by atoms with Crippen molar-refractivity contribution in [1.29, 1.82) is 0 Å². The number of nitrogens with two attached hydrogens (primary N) is 1. The quantitative estimate of drug-likeness (QED) is 0.269. The highest BCUT2D eigenvalue weighted by atomic mass is 35.5. The van der Waals surface area contributed by atoms with Crippen LogP contribution in [0.5, 0.6) is 0 Å². The minimum Gasteiger partial charge on any atom is -0.461 e. The fourth-order valence-corrected chi connectivity index (χ4v) is 3.97. The van der Waals surface area contributed by atoms with Gasteiger partial charge in [0.25, 0.3) is 0 Å². The first-order valence-electron chi connectivity index (χ1n) is 9.84. The summed E-state index contributed by atoms with van der Waals surface area (Å²) in [5, 5.41) is 19.9. The van der Waals surface area contributed by atoms with Gasteiger partial charge in [0.15, 0.2) is 23.2 Å². The topological polar surface area (TPSA) is 127 Å². The summed E-state index contributed by atoms with van der Waals surface area (Å²) in [4.78, 5) is 6.86. The fourth-order valence-electron chi connectivity index (χ4n) is 3.77. The van der Waals surface area contributed by atoms with Gasteiger partial charge in [0.05, 0.1) is 24.6 Å². The number of hydrogen-bond acceptors (Lipinski definition) is 7. The molecule has 3 N–H and O–H groups in total. The number of benzene rings is 1. The highest BCUT2D eigenvalue weighted by molar-refractivity contribution is 6.30. The number of halogens is 1. The molecule has 1 aliphatic rings. The van der Waals surface area contributed by atoms with Crippen LogP contribution in [0.3, 0.4) is 0 Å². The summed E-state index contributed by atoms with van der Waals surface area (Å²) in [5.74, 6) is 7.43. The lowest BCUT2D eigenvalue weighted by molar-refractivity contribution is 0.240. The molecule has 4 aromatic rings. The van der Waals surface area contributed by atoms with Gasteiger partial charge in [-0.3, -0.25) is 10.00 Å². The van der Waals surface area contributed by atoms with Gasteiger partial charge < -0.3 is 10.3 Å². The Bertz CT molecular complexity index is 1210. The van der Waals surface area contributed by atoms with Gasteiger partial charge in [-0.2, -0.15) is 10.2 Å². The molecule has 0 saturated heterocycles. The third-order valence-corrected chi connectivity index (χ3v) is 5.57. The Morgan fingerprint density at radius 2 is 2.16 bits per heavy atom. The molecule has 10 nitrogen and oxygen atoms in total. The van der Waals surface area contributed by atoms with Crippen molar-refractivity contribution in [3.05, 3.63) is 58.9 Å². The van der Waals surface area contributed by atoms with Crippen molar-refractivity contribution in [1.82, 2.24) is 29.9 Å². The third kappa shape index (κ3) is 3.94. The Hall–Kier alpha value is -3.50. The van der Waals surface area contributed by atoms with E-state index in [0.29, 0.717) is 35.3 Å². The molecule has 0 saturated carbocycles. The Balaban J connectivity index is 1.33. The van der Waals surface area contributed by atoms with Crippen molar-refractivity contribution < 1.29 is 4.42 Å². The molecule has 0 atom stereocenters. The van der Waals surface area contributed by atoms with Crippen LogP contribution in [0.1, 0.15) is 11.1 Å². The van der Waals surface area contributed by atoms with Crippen LogP contribution in [-0.2, 0) is 19.5 Å². The molecule has 3 aromatic heterocycles. The van der Waals surface area contributed by atoms with Crippen LogP contribution >= 0.6 is 11.6 Å². The SMILES string of the molecule is NN=Nc1c(-c2n[nH]c(-c3ccco3)n2)cnn1CCN1CCc2cc(Cl)ccc2C1. The van der Waals surface area contributed by atoms with Gasteiger partial charge in [-0.05, 0) is 41.8 Å². The zero-order valence-electron chi connectivity index (χ0n) is 16.6. The van der Waals surface area contributed by atoms with Gasteiger partial charge in [-0.15, -0.1) is 5.11 Å². The van der Waals surface area contributed by atoms with Crippen molar-refractivity contribution in [3.63, 3.8) is 0 Å². The Morgan fingerprint density at radius 1 is 1.23 bits per heavy atom. The predicted octanol–water partition coefficient (Wildman–Crippen LogP) is 3.60. The Kier molecular flexibility index (Phi) is 5.23. The summed E-state index contributed by atoms with van der Waals surface area (Å²) in [5.41, 5.74) is 3.27. The smallest absolute Gasteiger partial charge is 0.192 e. The lowest BCUT2D eigenvalue weighted by atomic mass is 10.00. The number of H-pyrrole nitrogens is 1. The van der Waals surface area contributed by atoms with Crippen molar-refractivity contribution >= 4 is 17.4 Å². The summed E-state index contributed by atoms with van der Waals surface area (Å²) in [6, 6.07) is 9.69. The monoisotopic (exact) mass is 437 g/mol. The van der Waals surface area contributed by atoms with Crippen LogP contribution in [0.4, 0.5) is 5.82 Å². The maximum absolute atomic E-state index is 6.11. The molecule has 11 heteroatoms. The molecule has 5 rings (SSSR count). The van der Waals surface area contributed by atoms with E-state index in [1.165, 1.54) is 11.1 Å². The van der Waals surface area contributed by atoms with Crippen LogP contribution in [0.25, 0.3) is 23.0 Å². The van der Waals surface area contributed by atoms with Crippen LogP contribution in [0.2, 0.25) is 5.02 Å². The maximum atomic E-state index is 6.11. The van der Waals surface area contributed by atoms with Gasteiger partial charge in [0, 0.05) is 24.7 Å². The van der Waals surface area contributed by atoms with Gasteiger partial charge in [0.2, 0.25) is 0 Å². The second kappa shape index (κ2) is 8.32. The normalized spacial score (nSPS) is 14.4. The molecule has 0 aliphatic carbocycles. The molecular formula is C20H20ClN9O. The molecular weight excluding hydrogens is 418 g/mol. The first kappa shape index (κ1) is 19.5. The zero-order valence-corrected chi connectivity index (χ0v) is 17.3. The number of hydrogen-bond donors (Lipinski definition) is 2. The fraction of sp³-hybridized carbons (Fsp3) is 0.250. The maximum Gasteiger partial charge on any atom is 0.192 e.